The number of carbonyl (C=O) groups is 1. The van der Waals surface area contributed by atoms with E-state index in [0.717, 1.165) is 19.3 Å². The molecule has 0 aliphatic rings. The molecule has 0 amide bonds. The van der Waals surface area contributed by atoms with Crippen LogP contribution in [0, 0.1) is 5.82 Å². The molecule has 1 rings (SSSR count). The second kappa shape index (κ2) is 13.0. The zero-order chi connectivity index (χ0) is 17.6. The van der Waals surface area contributed by atoms with Crippen LogP contribution >= 0.6 is 0 Å². The maximum absolute atomic E-state index is 13.6. The van der Waals surface area contributed by atoms with E-state index in [0.29, 0.717) is 0 Å². The highest BCUT2D eigenvalue weighted by atomic mass is 19.1. The third-order valence-corrected chi connectivity index (χ3v) is 4.45. The van der Waals surface area contributed by atoms with Gasteiger partial charge >= 0.3 is 5.97 Å². The van der Waals surface area contributed by atoms with Crippen LogP contribution in [0.1, 0.15) is 94.8 Å². The molecule has 24 heavy (non-hydrogen) atoms. The third kappa shape index (κ3) is 8.47. The van der Waals surface area contributed by atoms with Crippen LogP contribution in [0.15, 0.2) is 24.3 Å². The van der Waals surface area contributed by atoms with Gasteiger partial charge < -0.3 is 4.74 Å². The van der Waals surface area contributed by atoms with Gasteiger partial charge in [-0.15, -0.1) is 0 Å². The summed E-state index contributed by atoms with van der Waals surface area (Å²) < 4.78 is 19.1. The number of rotatable bonds is 13. The molecule has 136 valence electrons. The standard InChI is InChI=1S/C21H33FO2/c1-3-5-6-7-8-9-10-11-12-15-18(4-2)24-21(23)19-16-13-14-17-20(19)22/h13-14,16-18H,3-12,15H2,1-2H3. The number of hydrogen-bond acceptors (Lipinski definition) is 2. The molecule has 0 N–H and O–H groups in total. The fraction of sp³-hybridized carbons (Fsp3) is 0.667. The van der Waals surface area contributed by atoms with Crippen LogP contribution in [0.3, 0.4) is 0 Å². The Bertz CT molecular complexity index is 459. The fourth-order valence-electron chi connectivity index (χ4n) is 2.87. The van der Waals surface area contributed by atoms with Crippen molar-refractivity contribution in [3.05, 3.63) is 35.6 Å². The second-order valence-corrected chi connectivity index (χ2v) is 6.53. The minimum Gasteiger partial charge on any atom is -0.459 e. The summed E-state index contributed by atoms with van der Waals surface area (Å²) in [6, 6.07) is 5.99. The van der Waals surface area contributed by atoms with Crippen LogP contribution in [0.2, 0.25) is 0 Å². The van der Waals surface area contributed by atoms with E-state index in [1.807, 2.05) is 6.92 Å². The molecule has 0 heterocycles. The average Bonchev–Trinajstić information content (AvgIpc) is 2.59. The summed E-state index contributed by atoms with van der Waals surface area (Å²) in [5.41, 5.74) is 0.0306. The molecule has 0 saturated heterocycles. The molecule has 0 saturated carbocycles. The van der Waals surface area contributed by atoms with Crippen LogP contribution < -0.4 is 0 Å². The van der Waals surface area contributed by atoms with Crippen molar-refractivity contribution in [3.8, 4) is 0 Å². The fourth-order valence-corrected chi connectivity index (χ4v) is 2.87. The summed E-state index contributed by atoms with van der Waals surface area (Å²) in [4.78, 5) is 12.0. The lowest BCUT2D eigenvalue weighted by molar-refractivity contribution is 0.0262. The Morgan fingerprint density at radius 3 is 2.12 bits per heavy atom. The van der Waals surface area contributed by atoms with Gasteiger partial charge in [0.05, 0.1) is 5.56 Å². The summed E-state index contributed by atoms with van der Waals surface area (Å²) in [6.07, 6.45) is 13.0. The summed E-state index contributed by atoms with van der Waals surface area (Å²) in [6.45, 7) is 4.25. The van der Waals surface area contributed by atoms with Crippen LogP contribution in [-0.2, 0) is 4.74 Å². The molecule has 1 aromatic carbocycles. The van der Waals surface area contributed by atoms with Crippen molar-refractivity contribution in [2.75, 3.05) is 0 Å². The molecular formula is C21H33FO2. The van der Waals surface area contributed by atoms with Gasteiger partial charge in [0.25, 0.3) is 0 Å². The highest BCUT2D eigenvalue weighted by molar-refractivity contribution is 5.89. The molecule has 0 aromatic heterocycles. The summed E-state index contributed by atoms with van der Waals surface area (Å²) in [5.74, 6) is -1.06. The van der Waals surface area contributed by atoms with E-state index in [-0.39, 0.29) is 11.7 Å². The number of carbonyl (C=O) groups excluding carboxylic acids is 1. The first-order valence-corrected chi connectivity index (χ1v) is 9.64. The van der Waals surface area contributed by atoms with E-state index < -0.39 is 11.8 Å². The highest BCUT2D eigenvalue weighted by Crippen LogP contribution is 2.16. The lowest BCUT2D eigenvalue weighted by Crippen LogP contribution is -2.18. The molecule has 1 unspecified atom stereocenters. The van der Waals surface area contributed by atoms with Crippen molar-refractivity contribution in [1.82, 2.24) is 0 Å². The monoisotopic (exact) mass is 336 g/mol. The lowest BCUT2D eigenvalue weighted by Gasteiger charge is -2.16. The van der Waals surface area contributed by atoms with Crippen molar-refractivity contribution in [2.45, 2.75) is 90.6 Å². The zero-order valence-electron chi connectivity index (χ0n) is 15.4. The molecule has 0 spiro atoms. The SMILES string of the molecule is CCCCCCCCCCCC(CC)OC(=O)c1ccccc1F. The predicted molar refractivity (Wildman–Crippen MR) is 97.7 cm³/mol. The number of halogens is 1. The number of benzene rings is 1. The van der Waals surface area contributed by atoms with E-state index in [9.17, 15) is 9.18 Å². The van der Waals surface area contributed by atoms with Crippen LogP contribution in [0.4, 0.5) is 4.39 Å². The molecular weight excluding hydrogens is 303 g/mol. The molecule has 0 bridgehead atoms. The molecule has 1 aromatic rings. The Kier molecular flexibility index (Phi) is 11.2. The third-order valence-electron chi connectivity index (χ3n) is 4.45. The van der Waals surface area contributed by atoms with Gasteiger partial charge in [-0.1, -0.05) is 77.3 Å². The van der Waals surface area contributed by atoms with Crippen LogP contribution in [0.5, 0.6) is 0 Å². The molecule has 1 atom stereocenters. The maximum atomic E-state index is 13.6. The Morgan fingerprint density at radius 1 is 0.958 bits per heavy atom. The zero-order valence-corrected chi connectivity index (χ0v) is 15.4. The Hall–Kier alpha value is -1.38. The predicted octanol–water partition coefficient (Wildman–Crippen LogP) is 6.68. The van der Waals surface area contributed by atoms with E-state index in [4.69, 9.17) is 4.74 Å². The van der Waals surface area contributed by atoms with Gasteiger partial charge in [0.15, 0.2) is 0 Å². The minimum atomic E-state index is -0.545. The van der Waals surface area contributed by atoms with Crippen molar-refractivity contribution in [2.24, 2.45) is 0 Å². The molecule has 0 aliphatic carbocycles. The van der Waals surface area contributed by atoms with Crippen molar-refractivity contribution < 1.29 is 13.9 Å². The van der Waals surface area contributed by atoms with Gasteiger partial charge in [-0.05, 0) is 31.4 Å². The van der Waals surface area contributed by atoms with E-state index in [1.165, 1.54) is 63.5 Å². The summed E-state index contributed by atoms with van der Waals surface area (Å²) in [7, 11) is 0. The van der Waals surface area contributed by atoms with E-state index in [1.54, 1.807) is 12.1 Å². The van der Waals surface area contributed by atoms with Gasteiger partial charge in [-0.2, -0.15) is 0 Å². The number of unbranched alkanes of at least 4 members (excludes halogenated alkanes) is 8. The number of hydrogen-bond donors (Lipinski definition) is 0. The molecule has 0 radical (unpaired) electrons. The number of esters is 1. The average molecular weight is 336 g/mol. The smallest absolute Gasteiger partial charge is 0.341 e. The van der Waals surface area contributed by atoms with Crippen molar-refractivity contribution >= 4 is 5.97 Å². The van der Waals surface area contributed by atoms with Gasteiger partial charge in [0, 0.05) is 0 Å². The quantitative estimate of drug-likeness (QED) is 0.296. The normalized spacial score (nSPS) is 12.1. The van der Waals surface area contributed by atoms with Crippen molar-refractivity contribution in [3.63, 3.8) is 0 Å². The lowest BCUT2D eigenvalue weighted by atomic mass is 10.0. The largest absolute Gasteiger partial charge is 0.459 e. The van der Waals surface area contributed by atoms with E-state index in [2.05, 4.69) is 6.92 Å². The molecule has 3 heteroatoms. The van der Waals surface area contributed by atoms with Crippen LogP contribution in [0.25, 0.3) is 0 Å². The minimum absolute atomic E-state index is 0.0306. The topological polar surface area (TPSA) is 26.3 Å². The Labute approximate surface area is 146 Å². The molecule has 0 fully saturated rings. The van der Waals surface area contributed by atoms with Crippen LogP contribution in [-0.4, -0.2) is 12.1 Å². The van der Waals surface area contributed by atoms with Gasteiger partial charge in [0.2, 0.25) is 0 Å². The molecule has 2 nitrogen and oxygen atoms in total. The summed E-state index contributed by atoms with van der Waals surface area (Å²) in [5, 5.41) is 0. The number of ether oxygens (including phenoxy) is 1. The Morgan fingerprint density at radius 2 is 1.54 bits per heavy atom. The first-order chi connectivity index (χ1) is 11.7. The van der Waals surface area contributed by atoms with Gasteiger partial charge in [-0.3, -0.25) is 0 Å². The highest BCUT2D eigenvalue weighted by Gasteiger charge is 2.17. The molecule has 0 aliphatic heterocycles. The van der Waals surface area contributed by atoms with Gasteiger partial charge in [-0.25, -0.2) is 9.18 Å². The maximum Gasteiger partial charge on any atom is 0.341 e. The first kappa shape index (κ1) is 20.7. The second-order valence-electron chi connectivity index (χ2n) is 6.53. The van der Waals surface area contributed by atoms with Crippen molar-refractivity contribution in [1.29, 1.82) is 0 Å². The first-order valence-electron chi connectivity index (χ1n) is 9.64. The summed E-state index contributed by atoms with van der Waals surface area (Å²) >= 11 is 0. The van der Waals surface area contributed by atoms with E-state index >= 15 is 0 Å². The Balaban J connectivity index is 2.16. The van der Waals surface area contributed by atoms with Gasteiger partial charge in [0.1, 0.15) is 11.9 Å².